The molecular weight excluding hydrogens is 1120 g/mol. The molecule has 20 atom stereocenters. The molecule has 0 aliphatic carbocycles. The summed E-state index contributed by atoms with van der Waals surface area (Å²) in [4.78, 5) is 13.1. The van der Waals surface area contributed by atoms with Gasteiger partial charge in [-0.15, -0.1) is 6.58 Å². The second-order valence-corrected chi connectivity index (χ2v) is 24.9. The number of aliphatic hydroxyl groups excluding tert-OH is 10. The van der Waals surface area contributed by atoms with Crippen molar-refractivity contribution < 1.29 is 126 Å². The molecule has 10 N–H and O–H groups in total. The van der Waals surface area contributed by atoms with Crippen molar-refractivity contribution in [2.24, 2.45) is 5.92 Å². The van der Waals surface area contributed by atoms with E-state index in [2.05, 4.69) is 67.3 Å². The number of allylic oxidation sites excluding steroid dienone is 7. The number of carbonyl (C=O) groups excluding carboxylic acids is 1. The first-order valence-electron chi connectivity index (χ1n) is 30.5. The number of epoxide rings is 1. The number of ketones is 1. The van der Waals surface area contributed by atoms with Crippen LogP contribution in [-0.4, -0.2) is 193 Å². The predicted octanol–water partition coefficient (Wildman–Crippen LogP) is 2.82. The molecule has 0 bridgehead atoms. The molecule has 4 rings (SSSR count). The number of hydrogen-bond acceptors (Lipinski definition) is 20. The molecule has 22 heteroatoms. The summed E-state index contributed by atoms with van der Waals surface area (Å²) >= 11 is 0. The molecule has 478 valence electrons. The number of carbonyl (C=O) groups is 1. The second kappa shape index (κ2) is 40.9. The van der Waals surface area contributed by atoms with Gasteiger partial charge in [0.1, 0.15) is 36.3 Å². The fraction of sp³-hybridized carbons (Fsp3) is 0.790. The van der Waals surface area contributed by atoms with Gasteiger partial charge in [-0.2, -0.15) is 0 Å². The molecule has 4 aliphatic heterocycles. The molecule has 0 radical (unpaired) electrons. The summed E-state index contributed by atoms with van der Waals surface area (Å²) in [6, 6.07) is 0. The van der Waals surface area contributed by atoms with Crippen molar-refractivity contribution in [1.29, 1.82) is 0 Å². The van der Waals surface area contributed by atoms with E-state index < -0.39 is 115 Å². The maximum absolute atomic E-state index is 13.1. The number of aliphatic hydroxyl groups is 10. The SMILES string of the molecule is C=CCC(=C)C[C@@H]1C[C@@H](O)[C@H](C/C=C/CC(=C)/C=C/CC/C=C/CCCCCCCC(C)CC[C@H]2O[C@@H]2CCCC(CC(O)CC(=O)CC(O)CCC(O)[C@@H]2C[C@H](O)[C@H](OS(=O)(=O)[O-])[C@@H](CC(C)O)O2)O[C@@H]2O[C@H](CO)[C@@H](O)[C@H](O)[C@H]2O)O1.[Na+]. The van der Waals surface area contributed by atoms with Crippen LogP contribution in [0.5, 0.6) is 0 Å². The van der Waals surface area contributed by atoms with Gasteiger partial charge in [0, 0.05) is 38.5 Å². The Balaban J connectivity index is 0.0000185. The van der Waals surface area contributed by atoms with Gasteiger partial charge in [-0.3, -0.25) is 8.98 Å². The van der Waals surface area contributed by atoms with Gasteiger partial charge in [-0.25, -0.2) is 8.42 Å². The molecule has 0 amide bonds. The van der Waals surface area contributed by atoms with Crippen LogP contribution in [0.3, 0.4) is 0 Å². The summed E-state index contributed by atoms with van der Waals surface area (Å²) in [6.07, 6.45) is 11.7. The van der Waals surface area contributed by atoms with Crippen molar-refractivity contribution in [3.8, 4) is 0 Å². The van der Waals surface area contributed by atoms with Gasteiger partial charge in [-0.05, 0) is 109 Å². The molecule has 4 aliphatic rings. The molecule has 0 aromatic heterocycles. The van der Waals surface area contributed by atoms with E-state index in [9.17, 15) is 68.8 Å². The molecule has 4 saturated heterocycles. The Morgan fingerprint density at radius 1 is 0.690 bits per heavy atom. The van der Waals surface area contributed by atoms with Crippen molar-refractivity contribution in [3.05, 3.63) is 73.4 Å². The van der Waals surface area contributed by atoms with E-state index in [1.807, 2.05) is 6.08 Å². The van der Waals surface area contributed by atoms with Gasteiger partial charge < -0.3 is 79.3 Å². The molecule has 20 nitrogen and oxygen atoms in total. The fourth-order valence-corrected chi connectivity index (χ4v) is 11.9. The number of Topliss-reactive ketones (excluding diaryl/α,β-unsaturated/α-hetero) is 1. The summed E-state index contributed by atoms with van der Waals surface area (Å²) in [5.74, 6) is 0.0765. The maximum Gasteiger partial charge on any atom is 1.00 e. The zero-order valence-electron chi connectivity index (χ0n) is 50.3. The number of rotatable bonds is 44. The number of hydrogen-bond donors (Lipinski definition) is 10. The van der Waals surface area contributed by atoms with Crippen LogP contribution in [0.25, 0.3) is 0 Å². The molecule has 0 saturated carbocycles. The first-order valence-corrected chi connectivity index (χ1v) is 31.9. The zero-order chi connectivity index (χ0) is 61.1. The number of ether oxygens (including phenoxy) is 5. The van der Waals surface area contributed by atoms with E-state index in [1.54, 1.807) is 0 Å². The van der Waals surface area contributed by atoms with Crippen LogP contribution >= 0.6 is 0 Å². The minimum atomic E-state index is -5.23. The van der Waals surface area contributed by atoms with Crippen LogP contribution in [0.4, 0.5) is 0 Å². The van der Waals surface area contributed by atoms with Crippen LogP contribution in [0.2, 0.25) is 0 Å². The van der Waals surface area contributed by atoms with Crippen LogP contribution in [0.15, 0.2) is 73.4 Å². The van der Waals surface area contributed by atoms with Crippen molar-refractivity contribution in [1.82, 2.24) is 0 Å². The Morgan fingerprint density at radius 2 is 1.38 bits per heavy atom. The van der Waals surface area contributed by atoms with Crippen molar-refractivity contribution in [2.75, 3.05) is 6.61 Å². The van der Waals surface area contributed by atoms with E-state index in [0.717, 1.165) is 62.5 Å². The first kappa shape index (κ1) is 76.6. The molecule has 84 heavy (non-hydrogen) atoms. The van der Waals surface area contributed by atoms with Crippen molar-refractivity contribution in [3.63, 3.8) is 0 Å². The number of unbranched alkanes of at least 4 members (excludes halogenated alkanes) is 6. The predicted molar refractivity (Wildman–Crippen MR) is 311 cm³/mol. The Hall–Kier alpha value is -1.62. The third-order valence-electron chi connectivity index (χ3n) is 16.1. The fourth-order valence-electron chi connectivity index (χ4n) is 11.4. The summed E-state index contributed by atoms with van der Waals surface area (Å²) in [5.41, 5.74) is 2.13. The van der Waals surface area contributed by atoms with Gasteiger partial charge in [0.2, 0.25) is 10.4 Å². The Kier molecular flexibility index (Phi) is 37.3. The monoisotopic (exact) mass is 1220 g/mol. The standard InChI is InChI=1S/C62H104O20S.Na/c1-6-21-42(4)32-48-37-50(69)52(77-48)26-19-18-24-40(2)22-16-14-12-10-8-7-9-11-13-15-17-23-41(3)28-31-54-53(79-54)27-20-25-47(78-62-60(73)59(72)58(71)57(39-63)81-62)36-46(67)35-45(66)34-44(65)29-30-49(68)55-38-51(70)61(82-83(74,75)76)56(80-55)33-43(5)64;/h6,8,10,16,18-19,22,41,43-44,46-65,67-73H,1-2,4,7,9,11-15,17,20-21,23-39H2,3,5H3,(H,74,75,76);/q;+1/p-1/b10-8+,19-18+,22-16+;/t41?,43?,44?,46?,47?,48-,49?,50-,51+,52+,53-,54-,55+,56-,57-,58-,59+,60-,61+,62-;/m1./s1. The van der Waals surface area contributed by atoms with E-state index >= 15 is 0 Å². The average molecular weight is 1220 g/mol. The molecule has 0 aromatic rings. The largest absolute Gasteiger partial charge is 1.00 e. The summed E-state index contributed by atoms with van der Waals surface area (Å²) < 4.78 is 67.7. The van der Waals surface area contributed by atoms with Gasteiger partial charge in [-0.1, -0.05) is 106 Å². The molecule has 4 fully saturated rings. The van der Waals surface area contributed by atoms with E-state index in [4.69, 9.17) is 23.7 Å². The van der Waals surface area contributed by atoms with Crippen LogP contribution in [0.1, 0.15) is 181 Å². The van der Waals surface area contributed by atoms with Crippen molar-refractivity contribution >= 4 is 16.2 Å². The average Bonchev–Trinajstić information content (AvgIpc) is 3.50. The molecule has 0 spiro atoms. The summed E-state index contributed by atoms with van der Waals surface area (Å²) in [7, 11) is -5.23. The van der Waals surface area contributed by atoms with E-state index in [1.165, 1.54) is 45.4 Å². The van der Waals surface area contributed by atoms with Gasteiger partial charge in [0.15, 0.2) is 6.29 Å². The topological polar surface area (TPSA) is 335 Å². The first-order chi connectivity index (χ1) is 39.5. The van der Waals surface area contributed by atoms with E-state index in [0.29, 0.717) is 38.0 Å². The van der Waals surface area contributed by atoms with Gasteiger partial charge in [0.25, 0.3) is 0 Å². The zero-order valence-corrected chi connectivity index (χ0v) is 53.1. The van der Waals surface area contributed by atoms with Gasteiger partial charge >= 0.3 is 29.6 Å². The van der Waals surface area contributed by atoms with Crippen LogP contribution in [-0.2, 0) is 43.1 Å². The third kappa shape index (κ3) is 30.3. The van der Waals surface area contributed by atoms with Crippen LogP contribution in [0, 0.1) is 5.92 Å². The minimum Gasteiger partial charge on any atom is -0.726 e. The van der Waals surface area contributed by atoms with Crippen LogP contribution < -0.4 is 29.6 Å². The Bertz CT molecular complexity index is 2090. The Labute approximate surface area is 522 Å². The molecule has 4 heterocycles. The molecular formula is C62H103NaO20S. The summed E-state index contributed by atoms with van der Waals surface area (Å²) in [6.45, 7) is 15.0. The maximum atomic E-state index is 13.1. The van der Waals surface area contributed by atoms with Gasteiger partial charge in [0.05, 0.1) is 86.0 Å². The quantitative estimate of drug-likeness (QED) is 0.00797. The van der Waals surface area contributed by atoms with Crippen molar-refractivity contribution in [2.45, 2.75) is 297 Å². The summed E-state index contributed by atoms with van der Waals surface area (Å²) in [5, 5.41) is 105. The smallest absolute Gasteiger partial charge is 0.726 e. The molecule has 0 aromatic carbocycles. The second-order valence-electron chi connectivity index (χ2n) is 23.9. The molecule has 6 unspecified atom stereocenters. The Morgan fingerprint density at radius 3 is 2.10 bits per heavy atom. The third-order valence-corrected chi connectivity index (χ3v) is 16.6. The van der Waals surface area contributed by atoms with E-state index in [-0.39, 0.29) is 98.9 Å². The normalized spacial score (nSPS) is 30.5. The minimum absolute atomic E-state index is 0.